The van der Waals surface area contributed by atoms with Crippen molar-refractivity contribution in [2.75, 3.05) is 18.4 Å². The van der Waals surface area contributed by atoms with E-state index >= 15 is 0 Å². The molecule has 0 N–H and O–H groups in total. The second-order valence-corrected chi connectivity index (χ2v) is 5.48. The van der Waals surface area contributed by atoms with Gasteiger partial charge in [-0.25, -0.2) is 4.98 Å². The highest BCUT2D eigenvalue weighted by Crippen LogP contribution is 2.11. The van der Waals surface area contributed by atoms with Crippen molar-refractivity contribution in [3.05, 3.63) is 47.5 Å². The number of rotatable bonds is 7. The molecule has 0 atom stereocenters. The van der Waals surface area contributed by atoms with Gasteiger partial charge in [0.25, 0.3) is 0 Å². The Kier molecular flexibility index (Phi) is 5.82. The van der Waals surface area contributed by atoms with Crippen LogP contribution in [0, 0.1) is 0 Å². The first-order chi connectivity index (χ1) is 9.28. The Bertz CT molecular complexity index is 472. The predicted molar refractivity (Wildman–Crippen MR) is 80.5 cm³/mol. The van der Waals surface area contributed by atoms with E-state index in [9.17, 15) is 0 Å². The molecule has 0 amide bonds. The van der Waals surface area contributed by atoms with Crippen molar-refractivity contribution in [1.82, 2.24) is 19.7 Å². The molecule has 0 unspecified atom stereocenters. The van der Waals surface area contributed by atoms with Crippen molar-refractivity contribution in [2.45, 2.75) is 13.1 Å². The molecule has 0 bridgehead atoms. The van der Waals surface area contributed by atoms with E-state index in [1.54, 1.807) is 12.7 Å². The van der Waals surface area contributed by atoms with Crippen LogP contribution in [0.5, 0.6) is 0 Å². The minimum atomic E-state index is 0.776. The summed E-state index contributed by atoms with van der Waals surface area (Å²) in [4.78, 5) is 6.32. The molecule has 2 aromatic rings. The highest BCUT2D eigenvalue weighted by Gasteiger charge is 2.06. The van der Waals surface area contributed by atoms with Crippen LogP contribution in [0.2, 0.25) is 5.02 Å². The number of nitrogens with zero attached hydrogens (tertiary/aromatic N) is 4. The number of hydrogen-bond donors (Lipinski definition) is 0. The molecule has 2 rings (SSSR count). The van der Waals surface area contributed by atoms with E-state index in [1.807, 2.05) is 16.8 Å². The second kappa shape index (κ2) is 7.62. The van der Waals surface area contributed by atoms with Gasteiger partial charge in [-0.1, -0.05) is 39.7 Å². The molecule has 0 spiro atoms. The Hall–Kier alpha value is -0.910. The minimum absolute atomic E-state index is 0.776. The molecule has 102 valence electrons. The van der Waals surface area contributed by atoms with E-state index in [0.717, 1.165) is 36.5 Å². The predicted octanol–water partition coefficient (Wildman–Crippen LogP) is 2.83. The normalized spacial score (nSPS) is 11.1. The van der Waals surface area contributed by atoms with Gasteiger partial charge in [-0.3, -0.25) is 9.58 Å². The van der Waals surface area contributed by atoms with Crippen LogP contribution in [-0.4, -0.2) is 38.1 Å². The molecule has 0 aliphatic heterocycles. The van der Waals surface area contributed by atoms with Crippen molar-refractivity contribution in [2.24, 2.45) is 0 Å². The molecule has 6 heteroatoms. The summed E-state index contributed by atoms with van der Waals surface area (Å²) in [5, 5.41) is 5.85. The molecule has 0 aliphatic rings. The van der Waals surface area contributed by atoms with Crippen LogP contribution in [-0.2, 0) is 13.1 Å². The lowest BCUT2D eigenvalue weighted by Crippen LogP contribution is -2.29. The quantitative estimate of drug-likeness (QED) is 0.725. The molecule has 0 fully saturated rings. The zero-order valence-electron chi connectivity index (χ0n) is 10.5. The van der Waals surface area contributed by atoms with Crippen molar-refractivity contribution < 1.29 is 0 Å². The lowest BCUT2D eigenvalue weighted by Gasteiger charge is -2.21. The third-order valence-electron chi connectivity index (χ3n) is 2.83. The summed E-state index contributed by atoms with van der Waals surface area (Å²) in [6.45, 7) is 3.70. The summed E-state index contributed by atoms with van der Waals surface area (Å²) in [7, 11) is 0. The Morgan fingerprint density at radius 2 is 2.00 bits per heavy atom. The smallest absolute Gasteiger partial charge is 0.137 e. The summed E-state index contributed by atoms with van der Waals surface area (Å²) in [5.74, 6) is 0. The summed E-state index contributed by atoms with van der Waals surface area (Å²) in [6, 6.07) is 8.00. The molecule has 1 heterocycles. The Balaban J connectivity index is 1.89. The van der Waals surface area contributed by atoms with E-state index in [4.69, 9.17) is 11.6 Å². The van der Waals surface area contributed by atoms with Gasteiger partial charge in [-0.15, -0.1) is 0 Å². The first-order valence-corrected chi connectivity index (χ1v) is 7.63. The molecule has 19 heavy (non-hydrogen) atoms. The Morgan fingerprint density at radius 1 is 1.21 bits per heavy atom. The van der Waals surface area contributed by atoms with Gasteiger partial charge in [0.15, 0.2) is 0 Å². The SMILES string of the molecule is Clc1ccc(CN(CCBr)CCn2cncn2)cc1. The maximum Gasteiger partial charge on any atom is 0.137 e. The highest BCUT2D eigenvalue weighted by atomic mass is 79.9. The minimum Gasteiger partial charge on any atom is -0.296 e. The maximum atomic E-state index is 5.90. The van der Waals surface area contributed by atoms with Crippen LogP contribution >= 0.6 is 27.5 Å². The Labute approximate surface area is 126 Å². The topological polar surface area (TPSA) is 34.0 Å². The third kappa shape index (κ3) is 4.93. The first kappa shape index (κ1) is 14.5. The van der Waals surface area contributed by atoms with Crippen LogP contribution < -0.4 is 0 Å². The van der Waals surface area contributed by atoms with Crippen molar-refractivity contribution >= 4 is 27.5 Å². The molecule has 0 radical (unpaired) electrons. The molecular weight excluding hydrogens is 328 g/mol. The molecule has 1 aromatic carbocycles. The fourth-order valence-corrected chi connectivity index (χ4v) is 2.46. The molecule has 0 saturated heterocycles. The van der Waals surface area contributed by atoms with Gasteiger partial charge in [-0.05, 0) is 17.7 Å². The number of alkyl halides is 1. The number of halogens is 2. The van der Waals surface area contributed by atoms with E-state index in [2.05, 4.69) is 43.0 Å². The zero-order valence-corrected chi connectivity index (χ0v) is 12.9. The van der Waals surface area contributed by atoms with Crippen LogP contribution in [0.15, 0.2) is 36.9 Å². The van der Waals surface area contributed by atoms with Crippen LogP contribution in [0.4, 0.5) is 0 Å². The van der Waals surface area contributed by atoms with E-state index in [0.29, 0.717) is 0 Å². The van der Waals surface area contributed by atoms with Crippen LogP contribution in [0.1, 0.15) is 5.56 Å². The third-order valence-corrected chi connectivity index (χ3v) is 3.44. The second-order valence-electron chi connectivity index (χ2n) is 4.25. The number of hydrogen-bond acceptors (Lipinski definition) is 3. The average Bonchev–Trinajstić information content (AvgIpc) is 2.92. The van der Waals surface area contributed by atoms with Crippen molar-refractivity contribution in [3.63, 3.8) is 0 Å². The lowest BCUT2D eigenvalue weighted by molar-refractivity contribution is 0.266. The van der Waals surface area contributed by atoms with Gasteiger partial charge in [0.1, 0.15) is 12.7 Å². The van der Waals surface area contributed by atoms with E-state index in [-0.39, 0.29) is 0 Å². The lowest BCUT2D eigenvalue weighted by atomic mass is 10.2. The summed E-state index contributed by atoms with van der Waals surface area (Å²) in [6.07, 6.45) is 3.31. The van der Waals surface area contributed by atoms with Gasteiger partial charge in [0, 0.05) is 30.0 Å². The van der Waals surface area contributed by atoms with Crippen LogP contribution in [0.3, 0.4) is 0 Å². The molecule has 1 aromatic heterocycles. The van der Waals surface area contributed by atoms with Gasteiger partial charge in [-0.2, -0.15) is 5.10 Å². The number of aromatic nitrogens is 3. The van der Waals surface area contributed by atoms with Gasteiger partial charge >= 0.3 is 0 Å². The summed E-state index contributed by atoms with van der Waals surface area (Å²) in [5.41, 5.74) is 1.27. The van der Waals surface area contributed by atoms with Crippen molar-refractivity contribution in [1.29, 1.82) is 0 Å². The van der Waals surface area contributed by atoms with Gasteiger partial charge in [0.05, 0.1) is 6.54 Å². The molecular formula is C13H16BrClN4. The fraction of sp³-hybridized carbons (Fsp3) is 0.385. The zero-order chi connectivity index (χ0) is 13.5. The highest BCUT2D eigenvalue weighted by molar-refractivity contribution is 9.09. The number of benzene rings is 1. The summed E-state index contributed by atoms with van der Waals surface area (Å²) >= 11 is 9.39. The monoisotopic (exact) mass is 342 g/mol. The maximum absolute atomic E-state index is 5.90. The van der Waals surface area contributed by atoms with Gasteiger partial charge in [0.2, 0.25) is 0 Å². The Morgan fingerprint density at radius 3 is 2.63 bits per heavy atom. The largest absolute Gasteiger partial charge is 0.296 e. The van der Waals surface area contributed by atoms with E-state index < -0.39 is 0 Å². The molecule has 4 nitrogen and oxygen atoms in total. The molecule has 0 aliphatic carbocycles. The van der Waals surface area contributed by atoms with Gasteiger partial charge < -0.3 is 0 Å². The van der Waals surface area contributed by atoms with Crippen LogP contribution in [0.25, 0.3) is 0 Å². The summed E-state index contributed by atoms with van der Waals surface area (Å²) < 4.78 is 1.85. The first-order valence-electron chi connectivity index (χ1n) is 6.13. The standard InChI is InChI=1S/C13H16BrClN4/c14-5-6-18(7-8-19-11-16-10-17-19)9-12-1-3-13(15)4-2-12/h1-4,10-11H,5-9H2. The van der Waals surface area contributed by atoms with E-state index in [1.165, 1.54) is 5.56 Å². The average molecular weight is 344 g/mol. The van der Waals surface area contributed by atoms with Crippen molar-refractivity contribution in [3.8, 4) is 0 Å². The fourth-order valence-electron chi connectivity index (χ4n) is 1.83. The molecule has 0 saturated carbocycles.